The molecule has 0 bridgehead atoms. The van der Waals surface area contributed by atoms with Crippen LogP contribution in [0.25, 0.3) is 0 Å². The lowest BCUT2D eigenvalue weighted by atomic mass is 9.91. The summed E-state index contributed by atoms with van der Waals surface area (Å²) < 4.78 is 12.9. The fourth-order valence-corrected chi connectivity index (χ4v) is 3.13. The predicted octanol–water partition coefficient (Wildman–Crippen LogP) is 3.55. The second-order valence-corrected chi connectivity index (χ2v) is 5.11. The summed E-state index contributed by atoms with van der Waals surface area (Å²) in [6, 6.07) is 4.78. The Hall–Kier alpha value is -0.970. The van der Waals surface area contributed by atoms with E-state index in [1.165, 1.54) is 23.6 Å². The Morgan fingerprint density at radius 1 is 1.47 bits per heavy atom. The minimum Gasteiger partial charge on any atom is -0.316 e. The molecule has 0 saturated heterocycles. The monoisotopic (exact) mass is 270 g/mol. The van der Waals surface area contributed by atoms with Gasteiger partial charge in [0, 0.05) is 4.88 Å². The largest absolute Gasteiger partial charge is 0.316 e. The van der Waals surface area contributed by atoms with Crippen molar-refractivity contribution in [3.8, 4) is 0 Å². The van der Waals surface area contributed by atoms with Crippen molar-refractivity contribution in [2.75, 3.05) is 0 Å². The second kappa shape index (κ2) is 4.72. The summed E-state index contributed by atoms with van der Waals surface area (Å²) in [6.07, 6.45) is 1.82. The molecular formula is C12H12ClFN2S. The van der Waals surface area contributed by atoms with Crippen LogP contribution in [0, 0.1) is 5.82 Å². The quantitative estimate of drug-likeness (QED) is 0.926. The minimum absolute atomic E-state index is 0.371. The molecule has 17 heavy (non-hydrogen) atoms. The third kappa shape index (κ3) is 2.20. The molecule has 0 aliphatic rings. The van der Waals surface area contributed by atoms with E-state index >= 15 is 0 Å². The van der Waals surface area contributed by atoms with E-state index in [1.807, 2.05) is 18.4 Å². The van der Waals surface area contributed by atoms with Gasteiger partial charge >= 0.3 is 0 Å². The van der Waals surface area contributed by atoms with Gasteiger partial charge in [0.1, 0.15) is 5.82 Å². The molecule has 0 amide bonds. The molecule has 2 N–H and O–H groups in total. The van der Waals surface area contributed by atoms with Crippen molar-refractivity contribution in [1.29, 1.82) is 0 Å². The maximum Gasteiger partial charge on any atom is 0.141 e. The maximum absolute atomic E-state index is 12.9. The first-order valence-electron chi connectivity index (χ1n) is 5.22. The van der Waals surface area contributed by atoms with Crippen LogP contribution in [0.5, 0.6) is 0 Å². The van der Waals surface area contributed by atoms with E-state index in [2.05, 4.69) is 4.98 Å². The fraction of sp³-hybridized carbons (Fsp3) is 0.250. The van der Waals surface area contributed by atoms with E-state index in [0.717, 1.165) is 4.88 Å². The average molecular weight is 271 g/mol. The molecule has 2 rings (SSSR count). The zero-order valence-corrected chi connectivity index (χ0v) is 10.9. The number of halogens is 2. The van der Waals surface area contributed by atoms with E-state index in [0.29, 0.717) is 17.1 Å². The summed E-state index contributed by atoms with van der Waals surface area (Å²) in [5, 5.41) is 2.52. The molecule has 0 aliphatic heterocycles. The smallest absolute Gasteiger partial charge is 0.141 e. The molecule has 2 nitrogen and oxygen atoms in total. The number of aromatic nitrogens is 1. The van der Waals surface area contributed by atoms with Gasteiger partial charge < -0.3 is 5.73 Å². The van der Waals surface area contributed by atoms with Crippen molar-refractivity contribution >= 4 is 22.9 Å². The SMILES string of the molecule is CCC(N)(c1ccc(F)cn1)c1sccc1Cl. The van der Waals surface area contributed by atoms with Gasteiger partial charge in [0.15, 0.2) is 0 Å². The highest BCUT2D eigenvalue weighted by Gasteiger charge is 2.32. The summed E-state index contributed by atoms with van der Waals surface area (Å²) >= 11 is 7.60. The van der Waals surface area contributed by atoms with Crippen molar-refractivity contribution in [3.05, 3.63) is 51.2 Å². The highest BCUT2D eigenvalue weighted by Crippen LogP contribution is 2.37. The normalized spacial score (nSPS) is 14.6. The molecule has 0 aromatic carbocycles. The van der Waals surface area contributed by atoms with Crippen LogP contribution in [0.15, 0.2) is 29.8 Å². The van der Waals surface area contributed by atoms with Gasteiger partial charge in [-0.3, -0.25) is 4.98 Å². The number of nitrogens with two attached hydrogens (primary N) is 1. The van der Waals surface area contributed by atoms with Gasteiger partial charge in [-0.2, -0.15) is 0 Å². The molecule has 5 heteroatoms. The summed E-state index contributed by atoms with van der Waals surface area (Å²) in [6.45, 7) is 1.96. The molecule has 90 valence electrons. The molecule has 0 saturated carbocycles. The van der Waals surface area contributed by atoms with Gasteiger partial charge in [-0.25, -0.2) is 4.39 Å². The minimum atomic E-state index is -0.751. The molecule has 1 unspecified atom stereocenters. The van der Waals surface area contributed by atoms with Gasteiger partial charge in [-0.05, 0) is 30.0 Å². The van der Waals surface area contributed by atoms with Crippen molar-refractivity contribution in [2.45, 2.75) is 18.9 Å². The van der Waals surface area contributed by atoms with Crippen LogP contribution in [0.4, 0.5) is 4.39 Å². The molecule has 1 atom stereocenters. The first-order valence-corrected chi connectivity index (χ1v) is 6.48. The second-order valence-electron chi connectivity index (χ2n) is 3.78. The Morgan fingerprint density at radius 2 is 2.24 bits per heavy atom. The van der Waals surface area contributed by atoms with Crippen LogP contribution >= 0.6 is 22.9 Å². The molecule has 0 aliphatic carbocycles. The number of hydrogen-bond acceptors (Lipinski definition) is 3. The third-order valence-corrected chi connectivity index (χ3v) is 4.28. The molecule has 2 aromatic heterocycles. The number of rotatable bonds is 3. The van der Waals surface area contributed by atoms with E-state index < -0.39 is 5.54 Å². The van der Waals surface area contributed by atoms with Crippen LogP contribution in [0.2, 0.25) is 5.02 Å². The van der Waals surface area contributed by atoms with Crippen molar-refractivity contribution < 1.29 is 4.39 Å². The number of thiophene rings is 1. The standard InChI is InChI=1S/C12H12ClFN2S/c1-2-12(15,11-9(13)5-6-17-11)10-4-3-8(14)7-16-10/h3-7H,2,15H2,1H3. The van der Waals surface area contributed by atoms with Crippen LogP contribution in [0.3, 0.4) is 0 Å². The Balaban J connectivity index is 2.51. The number of nitrogens with zero attached hydrogens (tertiary/aromatic N) is 1. The zero-order valence-electron chi connectivity index (χ0n) is 9.28. The van der Waals surface area contributed by atoms with Crippen molar-refractivity contribution in [3.63, 3.8) is 0 Å². The van der Waals surface area contributed by atoms with Gasteiger partial charge in [-0.1, -0.05) is 18.5 Å². The van der Waals surface area contributed by atoms with Crippen molar-refractivity contribution in [2.24, 2.45) is 5.73 Å². The summed E-state index contributed by atoms with van der Waals surface area (Å²) in [5.74, 6) is -0.371. The Bertz CT molecular complexity index is 511. The van der Waals surface area contributed by atoms with Crippen molar-refractivity contribution in [1.82, 2.24) is 4.98 Å². The lowest BCUT2D eigenvalue weighted by Crippen LogP contribution is -2.37. The van der Waals surface area contributed by atoms with E-state index in [4.69, 9.17) is 17.3 Å². The fourth-order valence-electron chi connectivity index (χ4n) is 1.71. The average Bonchev–Trinajstić information content (AvgIpc) is 2.76. The van der Waals surface area contributed by atoms with Crippen LogP contribution < -0.4 is 5.73 Å². The predicted molar refractivity (Wildman–Crippen MR) is 68.8 cm³/mol. The molecule has 2 heterocycles. The third-order valence-electron chi connectivity index (χ3n) is 2.76. The first kappa shape index (κ1) is 12.5. The van der Waals surface area contributed by atoms with Gasteiger partial charge in [0.25, 0.3) is 0 Å². The highest BCUT2D eigenvalue weighted by molar-refractivity contribution is 7.10. The number of pyridine rings is 1. The zero-order chi connectivity index (χ0) is 12.5. The maximum atomic E-state index is 12.9. The van der Waals surface area contributed by atoms with Crippen LogP contribution in [-0.4, -0.2) is 4.98 Å². The van der Waals surface area contributed by atoms with Crippen LogP contribution in [0.1, 0.15) is 23.9 Å². The first-order chi connectivity index (χ1) is 8.08. The lowest BCUT2D eigenvalue weighted by Gasteiger charge is -2.26. The Morgan fingerprint density at radius 3 is 2.71 bits per heavy atom. The highest BCUT2D eigenvalue weighted by atomic mass is 35.5. The summed E-state index contributed by atoms with van der Waals surface area (Å²) in [4.78, 5) is 4.93. The van der Waals surface area contributed by atoms with E-state index in [-0.39, 0.29) is 5.82 Å². The van der Waals surface area contributed by atoms with E-state index in [9.17, 15) is 4.39 Å². The topological polar surface area (TPSA) is 38.9 Å². The van der Waals surface area contributed by atoms with Gasteiger partial charge in [-0.15, -0.1) is 11.3 Å². The molecule has 0 radical (unpaired) electrons. The summed E-state index contributed by atoms with van der Waals surface area (Å²) in [7, 11) is 0. The van der Waals surface area contributed by atoms with E-state index in [1.54, 1.807) is 6.07 Å². The Labute approximate surface area is 108 Å². The number of hydrogen-bond donors (Lipinski definition) is 1. The van der Waals surface area contributed by atoms with Gasteiger partial charge in [0.2, 0.25) is 0 Å². The van der Waals surface area contributed by atoms with Gasteiger partial charge in [0.05, 0.1) is 22.5 Å². The van der Waals surface area contributed by atoms with Crippen LogP contribution in [-0.2, 0) is 5.54 Å². The summed E-state index contributed by atoms with van der Waals surface area (Å²) in [5.41, 5.74) is 6.26. The molecule has 0 spiro atoms. The lowest BCUT2D eigenvalue weighted by molar-refractivity contribution is 0.508. The molecule has 2 aromatic rings. The Kier molecular flexibility index (Phi) is 3.47. The molecule has 0 fully saturated rings. The molecular weight excluding hydrogens is 259 g/mol.